The molecule has 0 N–H and O–H groups in total. The first-order valence-electron chi connectivity index (χ1n) is 3.69. The lowest BCUT2D eigenvalue weighted by molar-refractivity contribution is 0.102. The minimum absolute atomic E-state index is 0.216. The molecule has 0 spiro atoms. The van der Waals surface area contributed by atoms with Crippen molar-refractivity contribution < 1.29 is 4.79 Å². The summed E-state index contributed by atoms with van der Waals surface area (Å²) in [5.74, 6) is -0.216. The van der Waals surface area contributed by atoms with Crippen molar-refractivity contribution in [3.8, 4) is 0 Å². The summed E-state index contributed by atoms with van der Waals surface area (Å²) in [5.41, 5.74) is 0.689. The van der Waals surface area contributed by atoms with Gasteiger partial charge in [-0.3, -0.25) is 4.79 Å². The Morgan fingerprint density at radius 1 is 1.64 bits per heavy atom. The SMILES string of the molecule is Cn1ncc(C(=O)c2nscc2Br)n1. The van der Waals surface area contributed by atoms with E-state index in [1.807, 2.05) is 0 Å². The van der Waals surface area contributed by atoms with Crippen LogP contribution in [0.2, 0.25) is 0 Å². The quantitative estimate of drug-likeness (QED) is 0.773. The Balaban J connectivity index is 2.38. The number of hydrogen-bond donors (Lipinski definition) is 0. The molecular formula is C7H5BrN4OS. The summed E-state index contributed by atoms with van der Waals surface area (Å²) in [7, 11) is 1.66. The van der Waals surface area contributed by atoms with Crippen LogP contribution in [0.4, 0.5) is 0 Å². The summed E-state index contributed by atoms with van der Waals surface area (Å²) < 4.78 is 4.66. The molecule has 0 unspecified atom stereocenters. The van der Waals surface area contributed by atoms with Crippen LogP contribution in [0.5, 0.6) is 0 Å². The highest BCUT2D eigenvalue weighted by molar-refractivity contribution is 9.10. The van der Waals surface area contributed by atoms with Gasteiger partial charge in [0, 0.05) is 12.4 Å². The molecular weight excluding hydrogens is 268 g/mol. The monoisotopic (exact) mass is 272 g/mol. The van der Waals surface area contributed by atoms with E-state index in [1.54, 1.807) is 12.4 Å². The molecule has 2 heterocycles. The Morgan fingerprint density at radius 3 is 2.93 bits per heavy atom. The summed E-state index contributed by atoms with van der Waals surface area (Å²) in [6.07, 6.45) is 1.42. The van der Waals surface area contributed by atoms with E-state index in [4.69, 9.17) is 0 Å². The molecule has 0 saturated heterocycles. The Labute approximate surface area is 92.0 Å². The fourth-order valence-corrected chi connectivity index (χ4v) is 2.13. The first-order valence-corrected chi connectivity index (χ1v) is 5.32. The molecule has 5 nitrogen and oxygen atoms in total. The van der Waals surface area contributed by atoms with Gasteiger partial charge in [0.15, 0.2) is 5.69 Å². The second kappa shape index (κ2) is 3.58. The van der Waals surface area contributed by atoms with Gasteiger partial charge in [-0.1, -0.05) is 0 Å². The third kappa shape index (κ3) is 1.60. The Hall–Kier alpha value is -1.08. The van der Waals surface area contributed by atoms with Crippen LogP contribution in [0.25, 0.3) is 0 Å². The zero-order valence-corrected chi connectivity index (χ0v) is 9.54. The fourth-order valence-electron chi connectivity index (χ4n) is 0.946. The topological polar surface area (TPSA) is 60.7 Å². The molecule has 0 bridgehead atoms. The number of aromatic nitrogens is 4. The molecule has 0 aromatic carbocycles. The second-order valence-corrected chi connectivity index (χ2v) is 4.04. The van der Waals surface area contributed by atoms with Crippen LogP contribution >= 0.6 is 27.5 Å². The lowest BCUT2D eigenvalue weighted by Gasteiger charge is -1.90. The molecule has 2 aromatic rings. The standard InChI is InChI=1S/C7H5BrN4OS/c1-12-9-2-5(10-12)7(13)6-4(8)3-14-11-6/h2-3H,1H3. The van der Waals surface area contributed by atoms with E-state index in [2.05, 4.69) is 30.5 Å². The van der Waals surface area contributed by atoms with Crippen molar-refractivity contribution in [2.75, 3.05) is 0 Å². The minimum Gasteiger partial charge on any atom is -0.285 e. The molecule has 0 aliphatic heterocycles. The molecule has 14 heavy (non-hydrogen) atoms. The molecule has 7 heteroatoms. The number of halogens is 1. The van der Waals surface area contributed by atoms with Crippen molar-refractivity contribution >= 4 is 33.2 Å². The van der Waals surface area contributed by atoms with Gasteiger partial charge in [0.25, 0.3) is 0 Å². The maximum absolute atomic E-state index is 11.7. The summed E-state index contributed by atoms with van der Waals surface area (Å²) in [6, 6.07) is 0. The summed E-state index contributed by atoms with van der Waals surface area (Å²) in [5, 5.41) is 9.48. The van der Waals surface area contributed by atoms with E-state index in [-0.39, 0.29) is 5.78 Å². The van der Waals surface area contributed by atoms with Crippen molar-refractivity contribution in [2.24, 2.45) is 7.05 Å². The summed E-state index contributed by atoms with van der Waals surface area (Å²) in [6.45, 7) is 0. The highest BCUT2D eigenvalue weighted by atomic mass is 79.9. The number of nitrogens with zero attached hydrogens (tertiary/aromatic N) is 4. The van der Waals surface area contributed by atoms with Crippen molar-refractivity contribution in [3.63, 3.8) is 0 Å². The van der Waals surface area contributed by atoms with Crippen LogP contribution in [0.3, 0.4) is 0 Å². The van der Waals surface area contributed by atoms with Crippen molar-refractivity contribution in [1.29, 1.82) is 0 Å². The lowest BCUT2D eigenvalue weighted by atomic mass is 10.2. The van der Waals surface area contributed by atoms with Gasteiger partial charge in [-0.15, -0.1) is 0 Å². The third-order valence-electron chi connectivity index (χ3n) is 1.57. The number of carbonyl (C=O) groups is 1. The number of carbonyl (C=O) groups excluding carboxylic acids is 1. The molecule has 0 aliphatic rings. The Morgan fingerprint density at radius 2 is 2.43 bits per heavy atom. The number of aryl methyl sites for hydroxylation is 1. The molecule has 2 aromatic heterocycles. The smallest absolute Gasteiger partial charge is 0.235 e. The molecule has 72 valence electrons. The minimum atomic E-state index is -0.216. The Bertz CT molecular complexity index is 477. The molecule has 0 saturated carbocycles. The van der Waals surface area contributed by atoms with Gasteiger partial charge in [-0.2, -0.15) is 19.4 Å². The highest BCUT2D eigenvalue weighted by Crippen LogP contribution is 2.19. The van der Waals surface area contributed by atoms with Gasteiger partial charge in [0.05, 0.1) is 10.7 Å². The average Bonchev–Trinajstić information content (AvgIpc) is 2.73. The van der Waals surface area contributed by atoms with Gasteiger partial charge in [-0.25, -0.2) is 0 Å². The average molecular weight is 273 g/mol. The zero-order chi connectivity index (χ0) is 10.1. The van der Waals surface area contributed by atoms with Crippen LogP contribution in [-0.2, 0) is 7.05 Å². The number of ketones is 1. The molecule has 2 rings (SSSR count). The van der Waals surface area contributed by atoms with Crippen molar-refractivity contribution in [1.82, 2.24) is 19.4 Å². The van der Waals surface area contributed by atoms with E-state index in [0.717, 1.165) is 0 Å². The second-order valence-electron chi connectivity index (χ2n) is 2.56. The summed E-state index contributed by atoms with van der Waals surface area (Å²) in [4.78, 5) is 13.1. The highest BCUT2D eigenvalue weighted by Gasteiger charge is 2.17. The summed E-state index contributed by atoms with van der Waals surface area (Å²) >= 11 is 4.47. The normalized spacial score (nSPS) is 10.4. The van der Waals surface area contributed by atoms with E-state index in [1.165, 1.54) is 22.5 Å². The van der Waals surface area contributed by atoms with E-state index < -0.39 is 0 Å². The molecule has 0 atom stereocenters. The molecule has 0 aliphatic carbocycles. The van der Waals surface area contributed by atoms with Gasteiger partial charge in [0.2, 0.25) is 5.78 Å². The van der Waals surface area contributed by atoms with E-state index in [0.29, 0.717) is 15.9 Å². The van der Waals surface area contributed by atoms with Gasteiger partial charge < -0.3 is 0 Å². The third-order valence-corrected chi connectivity index (χ3v) is 3.11. The van der Waals surface area contributed by atoms with E-state index in [9.17, 15) is 4.79 Å². The van der Waals surface area contributed by atoms with Crippen molar-refractivity contribution in [3.05, 3.63) is 27.4 Å². The molecule has 0 fully saturated rings. The van der Waals surface area contributed by atoms with Crippen LogP contribution in [-0.4, -0.2) is 25.2 Å². The fraction of sp³-hybridized carbons (Fsp3) is 0.143. The maximum atomic E-state index is 11.7. The van der Waals surface area contributed by atoms with Gasteiger partial charge in [0.1, 0.15) is 5.69 Å². The van der Waals surface area contributed by atoms with Gasteiger partial charge in [-0.05, 0) is 27.5 Å². The maximum Gasteiger partial charge on any atom is 0.235 e. The first-order chi connectivity index (χ1) is 6.68. The first kappa shape index (κ1) is 9.47. The van der Waals surface area contributed by atoms with E-state index >= 15 is 0 Å². The predicted molar refractivity (Wildman–Crippen MR) is 54.2 cm³/mol. The lowest BCUT2D eigenvalue weighted by Crippen LogP contribution is -2.04. The predicted octanol–water partition coefficient (Wildman–Crippen LogP) is 1.27. The van der Waals surface area contributed by atoms with Crippen LogP contribution in [0.1, 0.15) is 16.2 Å². The molecule has 0 radical (unpaired) electrons. The van der Waals surface area contributed by atoms with Crippen LogP contribution < -0.4 is 0 Å². The van der Waals surface area contributed by atoms with Crippen LogP contribution in [0, 0.1) is 0 Å². The number of hydrogen-bond acceptors (Lipinski definition) is 5. The Kier molecular flexibility index (Phi) is 2.42. The zero-order valence-electron chi connectivity index (χ0n) is 7.14. The number of rotatable bonds is 2. The van der Waals surface area contributed by atoms with Crippen LogP contribution in [0.15, 0.2) is 16.0 Å². The van der Waals surface area contributed by atoms with Gasteiger partial charge >= 0.3 is 0 Å². The largest absolute Gasteiger partial charge is 0.285 e. The molecule has 0 amide bonds. The van der Waals surface area contributed by atoms with Crippen molar-refractivity contribution in [2.45, 2.75) is 0 Å².